The zero-order valence-corrected chi connectivity index (χ0v) is 8.76. The van der Waals surface area contributed by atoms with E-state index < -0.39 is 9.84 Å². The van der Waals surface area contributed by atoms with Gasteiger partial charge in [-0.05, 0) is 0 Å². The Labute approximate surface area is 86.1 Å². The fourth-order valence-corrected chi connectivity index (χ4v) is 1.61. The minimum Gasteiger partial charge on any atom is -0.285 e. The molecule has 0 fully saturated rings. The van der Waals surface area contributed by atoms with Crippen LogP contribution in [-0.2, 0) is 14.6 Å². The number of halogens is 1. The van der Waals surface area contributed by atoms with Crippen molar-refractivity contribution in [2.24, 2.45) is 0 Å². The van der Waals surface area contributed by atoms with Gasteiger partial charge in [0.2, 0.25) is 21.3 Å². The molecule has 5 nitrogen and oxygen atoms in total. The molecule has 0 N–H and O–H groups in total. The summed E-state index contributed by atoms with van der Waals surface area (Å²) < 4.78 is 22.5. The van der Waals surface area contributed by atoms with Crippen molar-refractivity contribution in [2.45, 2.75) is 12.1 Å². The van der Waals surface area contributed by atoms with Crippen LogP contribution in [0.4, 0.5) is 0 Å². The Morgan fingerprint density at radius 3 is 2.64 bits per heavy atom. The lowest BCUT2D eigenvalue weighted by molar-refractivity contribution is 0.561. The Morgan fingerprint density at radius 2 is 2.21 bits per heavy atom. The molecule has 0 amide bonds. The molecule has 0 unspecified atom stereocenters. The zero-order valence-electron chi connectivity index (χ0n) is 7.19. The molecule has 1 aromatic rings. The van der Waals surface area contributed by atoms with E-state index in [1.165, 1.54) is 13.2 Å². The van der Waals surface area contributed by atoms with Crippen molar-refractivity contribution >= 4 is 27.7 Å². The van der Waals surface area contributed by atoms with E-state index in [0.717, 1.165) is 6.20 Å². The lowest BCUT2D eigenvalue weighted by Crippen LogP contribution is -2.09. The van der Waals surface area contributed by atoms with E-state index in [9.17, 15) is 13.2 Å². The average Bonchev–Trinajstić information content (AvgIpc) is 2.17. The van der Waals surface area contributed by atoms with Gasteiger partial charge in [0.05, 0.1) is 11.3 Å². The fourth-order valence-electron chi connectivity index (χ4n) is 0.694. The van der Waals surface area contributed by atoms with Crippen molar-refractivity contribution in [1.29, 1.82) is 0 Å². The van der Waals surface area contributed by atoms with Crippen LogP contribution in [0.3, 0.4) is 0 Å². The van der Waals surface area contributed by atoms with Crippen molar-refractivity contribution in [3.05, 3.63) is 16.9 Å². The number of hydrogen-bond donors (Lipinski definition) is 0. The molecule has 0 aliphatic heterocycles. The topological polar surface area (TPSA) is 77.0 Å². The summed E-state index contributed by atoms with van der Waals surface area (Å²) in [6.07, 6.45) is 2.52. The molecule has 0 saturated carbocycles. The van der Waals surface area contributed by atoms with Crippen LogP contribution in [-0.4, -0.2) is 30.4 Å². The molecule has 0 aromatic carbocycles. The predicted molar refractivity (Wildman–Crippen MR) is 49.6 cm³/mol. The minimum absolute atomic E-state index is 0.0540. The van der Waals surface area contributed by atoms with E-state index in [1.807, 2.05) is 0 Å². The Morgan fingerprint density at radius 1 is 1.57 bits per heavy atom. The highest BCUT2D eigenvalue weighted by atomic mass is 35.5. The maximum Gasteiger partial charge on any atom is 0.248 e. The first-order valence-corrected chi connectivity index (χ1v) is 5.67. The van der Waals surface area contributed by atoms with E-state index in [4.69, 9.17) is 11.6 Å². The van der Waals surface area contributed by atoms with Crippen LogP contribution in [0.2, 0.25) is 5.15 Å². The molecule has 14 heavy (non-hydrogen) atoms. The number of nitrogens with zero attached hydrogens (tertiary/aromatic N) is 2. The first-order valence-electron chi connectivity index (χ1n) is 3.64. The summed E-state index contributed by atoms with van der Waals surface area (Å²) in [5.41, 5.74) is -0.0540. The standard InChI is InChI=1S/C7H6ClN2O3S/c1-2-14(12,13)7-9-3-5(4-11)6(8)10-7/h3H,2H2,1H3. The van der Waals surface area contributed by atoms with Gasteiger partial charge in [0.15, 0.2) is 0 Å². The number of rotatable bonds is 3. The number of hydrogen-bond acceptors (Lipinski definition) is 5. The van der Waals surface area contributed by atoms with Crippen LogP contribution >= 0.6 is 11.6 Å². The van der Waals surface area contributed by atoms with Gasteiger partial charge in [0.25, 0.3) is 0 Å². The van der Waals surface area contributed by atoms with Gasteiger partial charge in [0, 0.05) is 6.20 Å². The van der Waals surface area contributed by atoms with E-state index in [2.05, 4.69) is 9.97 Å². The van der Waals surface area contributed by atoms with Crippen LogP contribution in [0.1, 0.15) is 12.5 Å². The van der Waals surface area contributed by atoms with Gasteiger partial charge in [-0.15, -0.1) is 0 Å². The highest BCUT2D eigenvalue weighted by Gasteiger charge is 2.16. The van der Waals surface area contributed by atoms with Gasteiger partial charge in [-0.1, -0.05) is 18.5 Å². The summed E-state index contributed by atoms with van der Waals surface area (Å²) in [5.74, 6) is -0.118. The van der Waals surface area contributed by atoms with Gasteiger partial charge >= 0.3 is 0 Å². The van der Waals surface area contributed by atoms with E-state index in [0.29, 0.717) is 0 Å². The maximum absolute atomic E-state index is 11.3. The van der Waals surface area contributed by atoms with Crippen LogP contribution in [0.25, 0.3) is 0 Å². The predicted octanol–water partition coefficient (Wildman–Crippen LogP) is 0.381. The quantitative estimate of drug-likeness (QED) is 0.557. The molecule has 1 radical (unpaired) electrons. The Balaban J connectivity index is 3.29. The average molecular weight is 234 g/mol. The molecule has 0 atom stereocenters. The molecule has 7 heteroatoms. The van der Waals surface area contributed by atoms with Crippen molar-refractivity contribution < 1.29 is 13.2 Å². The molecule has 1 rings (SSSR count). The van der Waals surface area contributed by atoms with Gasteiger partial charge in [-0.3, -0.25) is 4.79 Å². The van der Waals surface area contributed by atoms with Crippen molar-refractivity contribution in [1.82, 2.24) is 9.97 Å². The third kappa shape index (κ3) is 2.08. The maximum atomic E-state index is 11.3. The molecule has 0 aliphatic rings. The molecular weight excluding hydrogens is 228 g/mol. The third-order valence-electron chi connectivity index (χ3n) is 1.49. The normalized spacial score (nSPS) is 11.3. The summed E-state index contributed by atoms with van der Waals surface area (Å²) in [6.45, 7) is 1.46. The third-order valence-corrected chi connectivity index (χ3v) is 3.29. The fraction of sp³-hybridized carbons (Fsp3) is 0.286. The van der Waals surface area contributed by atoms with E-state index in [1.54, 1.807) is 0 Å². The lowest BCUT2D eigenvalue weighted by Gasteiger charge is -1.99. The summed E-state index contributed by atoms with van der Waals surface area (Å²) >= 11 is 5.51. The van der Waals surface area contributed by atoms with Crippen molar-refractivity contribution in [3.63, 3.8) is 0 Å². The highest BCUT2D eigenvalue weighted by Crippen LogP contribution is 2.12. The zero-order chi connectivity index (χ0) is 10.8. The van der Waals surface area contributed by atoms with E-state index >= 15 is 0 Å². The van der Waals surface area contributed by atoms with E-state index in [-0.39, 0.29) is 21.6 Å². The van der Waals surface area contributed by atoms with Gasteiger partial charge in [0.1, 0.15) is 5.15 Å². The second kappa shape index (κ2) is 4.02. The molecule has 0 saturated heterocycles. The van der Waals surface area contributed by atoms with Gasteiger partial charge in [-0.25, -0.2) is 18.4 Å². The molecule has 0 aliphatic carbocycles. The summed E-state index contributed by atoms with van der Waals surface area (Å²) in [6, 6.07) is 0. The molecule has 1 aromatic heterocycles. The first-order chi connectivity index (χ1) is 6.51. The van der Waals surface area contributed by atoms with Crippen LogP contribution in [0, 0.1) is 0 Å². The first kappa shape index (κ1) is 11.1. The monoisotopic (exact) mass is 233 g/mol. The van der Waals surface area contributed by atoms with Crippen molar-refractivity contribution in [2.75, 3.05) is 5.75 Å². The van der Waals surface area contributed by atoms with Crippen LogP contribution in [0.15, 0.2) is 11.4 Å². The largest absolute Gasteiger partial charge is 0.285 e. The van der Waals surface area contributed by atoms with Gasteiger partial charge in [-0.2, -0.15) is 0 Å². The summed E-state index contributed by atoms with van der Waals surface area (Å²) in [7, 11) is -3.48. The number of sulfone groups is 1. The Hall–Kier alpha value is -1.01. The lowest BCUT2D eigenvalue weighted by atomic mass is 10.4. The van der Waals surface area contributed by atoms with Gasteiger partial charge < -0.3 is 0 Å². The molecule has 0 spiro atoms. The second-order valence-electron chi connectivity index (χ2n) is 2.36. The Kier molecular flexibility index (Phi) is 3.17. The van der Waals surface area contributed by atoms with Crippen molar-refractivity contribution in [3.8, 4) is 0 Å². The smallest absolute Gasteiger partial charge is 0.248 e. The molecule has 75 valence electrons. The minimum atomic E-state index is -3.48. The number of aromatic nitrogens is 2. The SMILES string of the molecule is CCS(=O)(=O)c1ncc([C]=O)c(Cl)n1. The highest BCUT2D eigenvalue weighted by molar-refractivity contribution is 7.91. The second-order valence-corrected chi connectivity index (χ2v) is 4.89. The molecular formula is C7H6ClN2O3S. The molecule has 0 bridgehead atoms. The Bertz CT molecular complexity index is 458. The summed E-state index contributed by atoms with van der Waals surface area (Å²) in [4.78, 5) is 17.2. The number of carbonyl (C=O) groups excluding carboxylic acids is 1. The molecule has 1 heterocycles. The van der Waals surface area contributed by atoms with Crippen LogP contribution in [0.5, 0.6) is 0 Å². The van der Waals surface area contributed by atoms with Crippen LogP contribution < -0.4 is 0 Å². The summed E-state index contributed by atoms with van der Waals surface area (Å²) in [5, 5.41) is -0.578.